The number of carbonyl (C=O) groups excluding carboxylic acids is 2. The van der Waals surface area contributed by atoms with Crippen LogP contribution in [0.1, 0.15) is 34.8 Å². The maximum absolute atomic E-state index is 13.3. The van der Waals surface area contributed by atoms with Crippen molar-refractivity contribution in [2.75, 3.05) is 31.1 Å². The largest absolute Gasteiger partial charge is 0.328 e. The lowest BCUT2D eigenvalue weighted by Crippen LogP contribution is -2.49. The number of anilines is 1. The van der Waals surface area contributed by atoms with E-state index >= 15 is 0 Å². The number of amides is 2. The van der Waals surface area contributed by atoms with Crippen LogP contribution in [0.5, 0.6) is 0 Å². The number of nitrogens with one attached hydrogen (secondary N) is 1. The van der Waals surface area contributed by atoms with Crippen LogP contribution in [-0.4, -0.2) is 61.8 Å². The summed E-state index contributed by atoms with van der Waals surface area (Å²) < 4.78 is 19.7. The molecule has 11 heteroatoms. The lowest BCUT2D eigenvalue weighted by atomic mass is 10.1. The smallest absolute Gasteiger partial charge is 0.254 e. The van der Waals surface area contributed by atoms with Crippen molar-refractivity contribution >= 4 is 29.2 Å². The summed E-state index contributed by atoms with van der Waals surface area (Å²) in [6, 6.07) is 5.22. The van der Waals surface area contributed by atoms with E-state index in [1.54, 1.807) is 9.80 Å². The second kappa shape index (κ2) is 8.06. The van der Waals surface area contributed by atoms with Gasteiger partial charge in [-0.2, -0.15) is 4.37 Å². The molecule has 5 rings (SSSR count). The van der Waals surface area contributed by atoms with E-state index in [0.29, 0.717) is 54.2 Å². The lowest BCUT2D eigenvalue weighted by Gasteiger charge is -2.37. The first kappa shape index (κ1) is 20.7. The molecule has 0 radical (unpaired) electrons. The third-order valence-corrected chi connectivity index (χ3v) is 6.63. The van der Waals surface area contributed by atoms with Gasteiger partial charge in [0.2, 0.25) is 5.91 Å². The number of rotatable bonds is 3. The molecule has 2 aliphatic rings. The number of aryl methyl sites for hydroxylation is 1. The van der Waals surface area contributed by atoms with Gasteiger partial charge in [-0.25, -0.2) is 14.4 Å². The average Bonchev–Trinajstić information content (AvgIpc) is 3.38. The molecule has 0 saturated carbocycles. The van der Waals surface area contributed by atoms with Crippen molar-refractivity contribution in [2.45, 2.75) is 26.4 Å². The Morgan fingerprint density at radius 2 is 1.97 bits per heavy atom. The molecular formula is C21H22FN7O2S. The van der Waals surface area contributed by atoms with Gasteiger partial charge in [-0.3, -0.25) is 14.5 Å². The van der Waals surface area contributed by atoms with Crippen LogP contribution >= 0.6 is 11.5 Å². The van der Waals surface area contributed by atoms with E-state index in [4.69, 9.17) is 4.98 Å². The standard InChI is InChI=1S/C21H22FN7O2S/c1-12-17-18(28-8-7-23-11-16(28)30)25-19(20-24-13(2)26-32-20)29(17)10-9-27(12)21(31)14-3-5-15(22)6-4-14/h3-6,12,23H,7-11H2,1-2H3/t12-/m1/s1. The number of carbonyl (C=O) groups is 2. The first-order valence-electron chi connectivity index (χ1n) is 10.4. The Labute approximate surface area is 188 Å². The van der Waals surface area contributed by atoms with Crippen LogP contribution < -0.4 is 10.2 Å². The van der Waals surface area contributed by atoms with Crippen LogP contribution in [-0.2, 0) is 11.3 Å². The van der Waals surface area contributed by atoms with Crippen LogP contribution in [0.2, 0.25) is 0 Å². The SMILES string of the molecule is Cc1nsc(-c2nc(N3CCNCC3=O)c3n2CCN(C(=O)c2ccc(F)cc2)[C@@H]3C)n1. The second-order valence-electron chi connectivity index (χ2n) is 7.85. The van der Waals surface area contributed by atoms with Crippen molar-refractivity contribution in [3.8, 4) is 10.8 Å². The zero-order valence-electron chi connectivity index (χ0n) is 17.7. The zero-order valence-corrected chi connectivity index (χ0v) is 18.5. The van der Waals surface area contributed by atoms with Crippen LogP contribution in [0.3, 0.4) is 0 Å². The summed E-state index contributed by atoms with van der Waals surface area (Å²) in [7, 11) is 0. The monoisotopic (exact) mass is 455 g/mol. The third kappa shape index (κ3) is 3.47. The molecule has 1 atom stereocenters. The predicted molar refractivity (Wildman–Crippen MR) is 117 cm³/mol. The highest BCUT2D eigenvalue weighted by molar-refractivity contribution is 7.09. The van der Waals surface area contributed by atoms with Crippen LogP contribution in [0.15, 0.2) is 24.3 Å². The van der Waals surface area contributed by atoms with Crippen molar-refractivity contribution in [1.82, 2.24) is 29.1 Å². The van der Waals surface area contributed by atoms with Crippen molar-refractivity contribution in [3.63, 3.8) is 0 Å². The van der Waals surface area contributed by atoms with E-state index in [1.807, 2.05) is 18.4 Å². The molecule has 2 amide bonds. The van der Waals surface area contributed by atoms with Gasteiger partial charge in [0.15, 0.2) is 16.6 Å². The third-order valence-electron chi connectivity index (χ3n) is 5.83. The Bertz CT molecular complexity index is 1190. The molecule has 2 aliphatic heterocycles. The fraction of sp³-hybridized carbons (Fsp3) is 0.381. The van der Waals surface area contributed by atoms with Gasteiger partial charge in [-0.1, -0.05) is 0 Å². The van der Waals surface area contributed by atoms with E-state index in [9.17, 15) is 14.0 Å². The number of benzene rings is 1. The van der Waals surface area contributed by atoms with Gasteiger partial charge in [0, 0.05) is 31.7 Å². The summed E-state index contributed by atoms with van der Waals surface area (Å²) in [5.41, 5.74) is 1.22. The topological polar surface area (TPSA) is 96.3 Å². The summed E-state index contributed by atoms with van der Waals surface area (Å²) in [5, 5.41) is 3.76. The highest BCUT2D eigenvalue weighted by atomic mass is 32.1. The molecule has 1 N–H and O–H groups in total. The zero-order chi connectivity index (χ0) is 22.4. The fourth-order valence-electron chi connectivity index (χ4n) is 4.26. The van der Waals surface area contributed by atoms with E-state index in [0.717, 1.165) is 5.69 Å². The Morgan fingerprint density at radius 3 is 2.66 bits per heavy atom. The second-order valence-corrected chi connectivity index (χ2v) is 8.60. The van der Waals surface area contributed by atoms with Crippen LogP contribution in [0.25, 0.3) is 10.8 Å². The minimum absolute atomic E-state index is 0.0636. The molecule has 32 heavy (non-hydrogen) atoms. The van der Waals surface area contributed by atoms with E-state index < -0.39 is 0 Å². The molecule has 0 bridgehead atoms. The molecule has 166 valence electrons. The van der Waals surface area contributed by atoms with Crippen LogP contribution in [0.4, 0.5) is 10.2 Å². The normalized spacial score (nSPS) is 18.7. The van der Waals surface area contributed by atoms with E-state index in [1.165, 1.54) is 35.8 Å². The van der Waals surface area contributed by atoms with Crippen molar-refractivity contribution in [1.29, 1.82) is 0 Å². The number of hydrogen-bond donors (Lipinski definition) is 1. The first-order chi connectivity index (χ1) is 15.4. The Morgan fingerprint density at radius 1 is 1.19 bits per heavy atom. The van der Waals surface area contributed by atoms with Crippen molar-refractivity contribution in [3.05, 3.63) is 47.2 Å². The number of fused-ring (bicyclic) bond motifs is 1. The van der Waals surface area contributed by atoms with Gasteiger partial charge in [0.25, 0.3) is 5.91 Å². The summed E-state index contributed by atoms with van der Waals surface area (Å²) in [4.78, 5) is 38.7. The van der Waals surface area contributed by atoms with Gasteiger partial charge in [0.1, 0.15) is 11.6 Å². The molecule has 0 spiro atoms. The number of imidazole rings is 1. The molecule has 4 heterocycles. The molecule has 1 saturated heterocycles. The van der Waals surface area contributed by atoms with E-state index in [-0.39, 0.29) is 30.2 Å². The van der Waals surface area contributed by atoms with Gasteiger partial charge in [-0.15, -0.1) is 0 Å². The number of piperazine rings is 1. The number of nitrogens with zero attached hydrogens (tertiary/aromatic N) is 6. The number of halogens is 1. The number of hydrogen-bond acceptors (Lipinski definition) is 7. The van der Waals surface area contributed by atoms with Gasteiger partial charge < -0.3 is 14.8 Å². The molecule has 1 aromatic carbocycles. The maximum atomic E-state index is 13.3. The Kier molecular flexibility index (Phi) is 5.22. The molecule has 2 aromatic heterocycles. The predicted octanol–water partition coefficient (Wildman–Crippen LogP) is 2.00. The molecular weight excluding hydrogens is 433 g/mol. The minimum Gasteiger partial charge on any atom is -0.328 e. The summed E-state index contributed by atoms with van der Waals surface area (Å²) in [6.45, 7) is 6.13. The van der Waals surface area contributed by atoms with Gasteiger partial charge in [0.05, 0.1) is 18.3 Å². The Hall–Kier alpha value is -3.18. The molecule has 3 aromatic rings. The van der Waals surface area contributed by atoms with Crippen molar-refractivity contribution < 1.29 is 14.0 Å². The summed E-state index contributed by atoms with van der Waals surface area (Å²) in [5.74, 6) is 1.25. The lowest BCUT2D eigenvalue weighted by molar-refractivity contribution is -0.118. The summed E-state index contributed by atoms with van der Waals surface area (Å²) >= 11 is 1.27. The van der Waals surface area contributed by atoms with Gasteiger partial charge in [-0.05, 0) is 49.6 Å². The average molecular weight is 456 g/mol. The summed E-state index contributed by atoms with van der Waals surface area (Å²) in [6.07, 6.45) is 0. The molecule has 0 aliphatic carbocycles. The quantitative estimate of drug-likeness (QED) is 0.649. The van der Waals surface area contributed by atoms with E-state index in [2.05, 4.69) is 14.7 Å². The number of aromatic nitrogens is 4. The highest BCUT2D eigenvalue weighted by Gasteiger charge is 2.37. The fourth-order valence-corrected chi connectivity index (χ4v) is 4.93. The highest BCUT2D eigenvalue weighted by Crippen LogP contribution is 2.38. The molecule has 9 nitrogen and oxygen atoms in total. The molecule has 0 unspecified atom stereocenters. The van der Waals surface area contributed by atoms with Crippen molar-refractivity contribution in [2.24, 2.45) is 0 Å². The first-order valence-corrected chi connectivity index (χ1v) is 11.2. The molecule has 1 fully saturated rings. The maximum Gasteiger partial charge on any atom is 0.254 e. The Balaban J connectivity index is 1.58. The minimum atomic E-state index is -0.386. The van der Waals surface area contributed by atoms with Gasteiger partial charge >= 0.3 is 0 Å². The van der Waals surface area contributed by atoms with Crippen LogP contribution in [0, 0.1) is 12.7 Å².